The number of rotatable bonds is 7. The van der Waals surface area contributed by atoms with Gasteiger partial charge in [-0.3, -0.25) is 4.79 Å². The number of aromatic nitrogens is 4. The van der Waals surface area contributed by atoms with E-state index in [0.29, 0.717) is 12.2 Å². The molecular weight excluding hydrogens is 302 g/mol. The van der Waals surface area contributed by atoms with Crippen molar-refractivity contribution in [3.8, 4) is 5.75 Å². The number of aryl methyl sites for hydroxylation is 1. The number of hydrogen-bond acceptors (Lipinski definition) is 6. The summed E-state index contributed by atoms with van der Waals surface area (Å²) < 4.78 is 6.90. The molecule has 1 heterocycles. The molecule has 1 aromatic heterocycles. The van der Waals surface area contributed by atoms with Crippen molar-refractivity contribution < 1.29 is 9.53 Å². The quantitative estimate of drug-likeness (QED) is 0.571. The Labute approximate surface area is 133 Å². The van der Waals surface area contributed by atoms with Gasteiger partial charge in [0.05, 0.1) is 12.8 Å². The number of methoxy groups -OCH3 is 1. The maximum atomic E-state index is 12.3. The van der Waals surface area contributed by atoms with E-state index in [1.165, 1.54) is 0 Å². The number of amides is 1. The number of tetrazole rings is 1. The fourth-order valence-electron chi connectivity index (χ4n) is 1.94. The van der Waals surface area contributed by atoms with Gasteiger partial charge in [0.15, 0.2) is 0 Å². The summed E-state index contributed by atoms with van der Waals surface area (Å²) in [7, 11) is 5.16. The molecule has 118 valence electrons. The molecule has 2 aromatic rings. The van der Waals surface area contributed by atoms with Gasteiger partial charge in [0, 0.05) is 26.3 Å². The minimum atomic E-state index is 0.0567. The molecular formula is C14H19N5O2S. The van der Waals surface area contributed by atoms with Gasteiger partial charge in [0.1, 0.15) is 5.75 Å². The first-order valence-electron chi connectivity index (χ1n) is 6.88. The maximum absolute atomic E-state index is 12.3. The monoisotopic (exact) mass is 321 g/mol. The SMILES string of the molecule is COc1ccccc1N(C)C(=O)CCCSc1nnnn1C. The molecule has 0 N–H and O–H groups in total. The topological polar surface area (TPSA) is 73.1 Å². The van der Waals surface area contributed by atoms with Crippen molar-refractivity contribution in [2.45, 2.75) is 18.0 Å². The number of carbonyl (C=O) groups excluding carboxylic acids is 1. The van der Waals surface area contributed by atoms with Crippen molar-refractivity contribution in [1.29, 1.82) is 0 Å². The second-order valence-corrected chi connectivity index (χ2v) is 5.72. The molecule has 0 aliphatic carbocycles. The highest BCUT2D eigenvalue weighted by Crippen LogP contribution is 2.27. The Bertz CT molecular complexity index is 631. The van der Waals surface area contributed by atoms with Crippen molar-refractivity contribution in [1.82, 2.24) is 20.2 Å². The van der Waals surface area contributed by atoms with Crippen molar-refractivity contribution in [3.05, 3.63) is 24.3 Å². The summed E-state index contributed by atoms with van der Waals surface area (Å²) in [6.45, 7) is 0. The van der Waals surface area contributed by atoms with E-state index in [9.17, 15) is 4.79 Å². The van der Waals surface area contributed by atoms with Gasteiger partial charge in [0.2, 0.25) is 11.1 Å². The van der Waals surface area contributed by atoms with Crippen LogP contribution in [0.2, 0.25) is 0 Å². The van der Waals surface area contributed by atoms with Crippen LogP contribution in [0.15, 0.2) is 29.4 Å². The third kappa shape index (κ3) is 3.97. The summed E-state index contributed by atoms with van der Waals surface area (Å²) in [5, 5.41) is 12.0. The van der Waals surface area contributed by atoms with Crippen LogP contribution in [-0.2, 0) is 11.8 Å². The van der Waals surface area contributed by atoms with Gasteiger partial charge < -0.3 is 9.64 Å². The minimum Gasteiger partial charge on any atom is -0.495 e. The average Bonchev–Trinajstić information content (AvgIpc) is 2.95. The van der Waals surface area contributed by atoms with Gasteiger partial charge in [-0.1, -0.05) is 23.9 Å². The number of nitrogens with zero attached hydrogens (tertiary/aromatic N) is 5. The first-order chi connectivity index (χ1) is 10.6. The Kier molecular flexibility index (Phi) is 5.76. The highest BCUT2D eigenvalue weighted by atomic mass is 32.2. The average molecular weight is 321 g/mol. The summed E-state index contributed by atoms with van der Waals surface area (Å²) >= 11 is 1.54. The fourth-order valence-corrected chi connectivity index (χ4v) is 2.73. The number of benzene rings is 1. The number of carbonyl (C=O) groups is 1. The van der Waals surface area contributed by atoms with E-state index in [2.05, 4.69) is 15.5 Å². The number of ether oxygens (including phenoxy) is 1. The largest absolute Gasteiger partial charge is 0.495 e. The minimum absolute atomic E-state index is 0.0567. The molecule has 1 amide bonds. The fraction of sp³-hybridized carbons (Fsp3) is 0.429. The van der Waals surface area contributed by atoms with E-state index >= 15 is 0 Å². The van der Waals surface area contributed by atoms with Crippen LogP contribution in [0.3, 0.4) is 0 Å². The van der Waals surface area contributed by atoms with Crippen LogP contribution in [-0.4, -0.2) is 46.0 Å². The zero-order valence-corrected chi connectivity index (χ0v) is 13.7. The van der Waals surface area contributed by atoms with Crippen LogP contribution < -0.4 is 9.64 Å². The van der Waals surface area contributed by atoms with Crippen molar-refractivity contribution in [3.63, 3.8) is 0 Å². The first-order valence-corrected chi connectivity index (χ1v) is 7.86. The third-order valence-electron chi connectivity index (χ3n) is 3.17. The molecule has 7 nitrogen and oxygen atoms in total. The third-order valence-corrected chi connectivity index (χ3v) is 4.26. The molecule has 0 aliphatic rings. The lowest BCUT2D eigenvalue weighted by Crippen LogP contribution is -2.26. The molecule has 0 atom stereocenters. The highest BCUT2D eigenvalue weighted by molar-refractivity contribution is 7.99. The van der Waals surface area contributed by atoms with Crippen LogP contribution >= 0.6 is 11.8 Å². The van der Waals surface area contributed by atoms with Crippen LogP contribution in [0.5, 0.6) is 5.75 Å². The lowest BCUT2D eigenvalue weighted by molar-refractivity contribution is -0.118. The van der Waals surface area contributed by atoms with Gasteiger partial charge in [0.25, 0.3) is 0 Å². The van der Waals surface area contributed by atoms with Crippen molar-refractivity contribution in [2.75, 3.05) is 24.8 Å². The summed E-state index contributed by atoms with van der Waals surface area (Å²) in [6.07, 6.45) is 1.22. The number of hydrogen-bond donors (Lipinski definition) is 0. The van der Waals surface area contributed by atoms with Crippen molar-refractivity contribution >= 4 is 23.4 Å². The summed E-state index contributed by atoms with van der Waals surface area (Å²) in [4.78, 5) is 13.9. The second-order valence-electron chi connectivity index (χ2n) is 4.66. The number of anilines is 1. The zero-order valence-electron chi connectivity index (χ0n) is 12.9. The van der Waals surface area contributed by atoms with Crippen LogP contribution in [0.25, 0.3) is 0 Å². The van der Waals surface area contributed by atoms with Gasteiger partial charge in [-0.05, 0) is 29.0 Å². The molecule has 0 saturated carbocycles. The zero-order chi connectivity index (χ0) is 15.9. The predicted octanol–water partition coefficient (Wildman–Crippen LogP) is 1.75. The van der Waals surface area contributed by atoms with Gasteiger partial charge in [-0.2, -0.15) is 0 Å². The van der Waals surface area contributed by atoms with Crippen LogP contribution in [0.1, 0.15) is 12.8 Å². The van der Waals surface area contributed by atoms with Gasteiger partial charge in [-0.15, -0.1) is 5.10 Å². The lowest BCUT2D eigenvalue weighted by atomic mass is 10.2. The smallest absolute Gasteiger partial charge is 0.226 e. The van der Waals surface area contributed by atoms with Crippen LogP contribution in [0.4, 0.5) is 5.69 Å². The summed E-state index contributed by atoms with van der Waals surface area (Å²) in [6, 6.07) is 7.48. The normalized spacial score (nSPS) is 10.5. The van der Waals surface area contributed by atoms with E-state index in [4.69, 9.17) is 4.74 Å². The molecule has 0 bridgehead atoms. The number of para-hydroxylation sites is 2. The predicted molar refractivity (Wildman–Crippen MR) is 85.2 cm³/mol. The molecule has 2 rings (SSSR count). The Morgan fingerprint density at radius 1 is 1.41 bits per heavy atom. The van der Waals surface area contributed by atoms with Crippen molar-refractivity contribution in [2.24, 2.45) is 7.05 Å². The van der Waals surface area contributed by atoms with E-state index in [1.807, 2.05) is 24.3 Å². The van der Waals surface area contributed by atoms with Gasteiger partial charge >= 0.3 is 0 Å². The Morgan fingerprint density at radius 3 is 2.86 bits per heavy atom. The van der Waals surface area contributed by atoms with E-state index in [-0.39, 0.29) is 5.91 Å². The van der Waals surface area contributed by atoms with E-state index in [0.717, 1.165) is 23.0 Å². The molecule has 1 aromatic carbocycles. The molecule has 0 saturated heterocycles. The molecule has 0 fully saturated rings. The van der Waals surface area contributed by atoms with Gasteiger partial charge in [-0.25, -0.2) is 4.68 Å². The van der Waals surface area contributed by atoms with Crippen LogP contribution in [0, 0.1) is 0 Å². The molecule has 0 aliphatic heterocycles. The maximum Gasteiger partial charge on any atom is 0.226 e. The Morgan fingerprint density at radius 2 is 2.18 bits per heavy atom. The van der Waals surface area contributed by atoms with E-state index in [1.54, 1.807) is 42.5 Å². The highest BCUT2D eigenvalue weighted by Gasteiger charge is 2.14. The lowest BCUT2D eigenvalue weighted by Gasteiger charge is -2.19. The summed E-state index contributed by atoms with van der Waals surface area (Å²) in [5.74, 6) is 1.54. The molecule has 0 radical (unpaired) electrons. The first kappa shape index (κ1) is 16.3. The summed E-state index contributed by atoms with van der Waals surface area (Å²) in [5.41, 5.74) is 0.778. The molecule has 0 unspecified atom stereocenters. The Hall–Kier alpha value is -2.09. The standard InChI is InChI=1S/C14H19N5O2S/c1-18(11-7-4-5-8-12(11)21-3)13(20)9-6-10-22-14-15-16-17-19(14)2/h4-5,7-8H,6,9-10H2,1-3H3. The number of thioether (sulfide) groups is 1. The Balaban J connectivity index is 1.83. The second kappa shape index (κ2) is 7.79. The van der Waals surface area contributed by atoms with E-state index < -0.39 is 0 Å². The molecule has 22 heavy (non-hydrogen) atoms. The molecule has 8 heteroatoms. The molecule has 0 spiro atoms.